The highest BCUT2D eigenvalue weighted by Crippen LogP contribution is 2.44. The molecule has 0 unspecified atom stereocenters. The van der Waals surface area contributed by atoms with E-state index in [2.05, 4.69) is 40.5 Å². The van der Waals surface area contributed by atoms with Crippen molar-refractivity contribution in [1.29, 1.82) is 0 Å². The van der Waals surface area contributed by atoms with Crippen LogP contribution >= 0.6 is 0 Å². The maximum atomic E-state index is 12.6. The van der Waals surface area contributed by atoms with E-state index in [4.69, 9.17) is 4.74 Å². The Balaban J connectivity index is 1.21. The summed E-state index contributed by atoms with van der Waals surface area (Å²) in [4.78, 5) is 14.9. The van der Waals surface area contributed by atoms with Crippen LogP contribution in [-0.4, -0.2) is 41.9 Å². The van der Waals surface area contributed by atoms with Gasteiger partial charge in [0.2, 0.25) is 0 Å². The zero-order chi connectivity index (χ0) is 21.9. The molecule has 1 saturated heterocycles. The van der Waals surface area contributed by atoms with Gasteiger partial charge in [-0.2, -0.15) is 0 Å². The number of hydrogen-bond acceptors (Lipinski definition) is 4. The Hall–Kier alpha value is -3.15. The first kappa shape index (κ1) is 20.7. The van der Waals surface area contributed by atoms with Crippen molar-refractivity contribution in [2.24, 2.45) is 0 Å². The quantitative estimate of drug-likeness (QED) is 0.600. The van der Waals surface area contributed by atoms with Crippen LogP contribution in [0.3, 0.4) is 0 Å². The van der Waals surface area contributed by atoms with Crippen molar-refractivity contribution < 1.29 is 14.6 Å². The topological polar surface area (TPSA) is 61.8 Å². The Labute approximate surface area is 188 Å². The van der Waals surface area contributed by atoms with Crippen LogP contribution in [0.2, 0.25) is 0 Å². The highest BCUT2D eigenvalue weighted by atomic mass is 16.5. The molecule has 1 heterocycles. The number of rotatable bonds is 5. The highest BCUT2D eigenvalue weighted by molar-refractivity contribution is 5.85. The molecule has 5 nitrogen and oxygen atoms in total. The van der Waals surface area contributed by atoms with Crippen LogP contribution < -0.4 is 5.32 Å². The number of aliphatic hydroxyl groups excluding tert-OH is 1. The van der Waals surface area contributed by atoms with Crippen molar-refractivity contribution in [3.8, 4) is 11.1 Å². The Kier molecular flexibility index (Phi) is 5.93. The number of hydrogen-bond donors (Lipinski definition) is 2. The van der Waals surface area contributed by atoms with Gasteiger partial charge in [-0.3, -0.25) is 10.2 Å². The minimum absolute atomic E-state index is 0.0499. The van der Waals surface area contributed by atoms with Gasteiger partial charge >= 0.3 is 6.09 Å². The van der Waals surface area contributed by atoms with Gasteiger partial charge in [0, 0.05) is 31.2 Å². The lowest BCUT2D eigenvalue weighted by atomic mass is 9.98. The number of fused-ring (bicyclic) bond motifs is 3. The van der Waals surface area contributed by atoms with Crippen LogP contribution in [0.25, 0.3) is 11.1 Å². The lowest BCUT2D eigenvalue weighted by Crippen LogP contribution is -2.35. The summed E-state index contributed by atoms with van der Waals surface area (Å²) in [5, 5.41) is 12.6. The fraction of sp³-hybridized carbons (Fsp3) is 0.296. The molecule has 0 aromatic heterocycles. The predicted molar refractivity (Wildman–Crippen MR) is 126 cm³/mol. The van der Waals surface area contributed by atoms with Gasteiger partial charge in [-0.1, -0.05) is 60.7 Å². The minimum Gasteiger partial charge on any atom is -0.448 e. The molecule has 0 radical (unpaired) electrons. The van der Waals surface area contributed by atoms with Crippen molar-refractivity contribution in [1.82, 2.24) is 4.90 Å². The van der Waals surface area contributed by atoms with Crippen LogP contribution in [0.4, 0.5) is 10.5 Å². The number of nitrogens with zero attached hydrogens (tertiary/aromatic N) is 1. The molecule has 3 aromatic carbocycles. The van der Waals surface area contributed by atoms with Gasteiger partial charge < -0.3 is 9.84 Å². The number of anilines is 1. The standard InChI is InChI=1S/C27H28N2O3/c30-21-12-14-29(15-13-21)17-19-6-5-7-20(16-19)28-27(31)32-18-26-24-10-3-1-8-22(24)23-9-2-4-11-25(23)26/h1-11,16,21,26,30H,12-15,17-18H2,(H,28,31). The minimum atomic E-state index is -0.440. The number of aliphatic hydroxyl groups is 1. The summed E-state index contributed by atoms with van der Waals surface area (Å²) < 4.78 is 5.66. The van der Waals surface area contributed by atoms with Gasteiger partial charge in [-0.05, 0) is 52.8 Å². The summed E-state index contributed by atoms with van der Waals surface area (Å²) >= 11 is 0. The Morgan fingerprint density at radius 3 is 2.28 bits per heavy atom. The van der Waals surface area contributed by atoms with Crippen molar-refractivity contribution in [2.45, 2.75) is 31.4 Å². The maximum Gasteiger partial charge on any atom is 0.411 e. The highest BCUT2D eigenvalue weighted by Gasteiger charge is 2.29. The van der Waals surface area contributed by atoms with Crippen molar-refractivity contribution >= 4 is 11.8 Å². The summed E-state index contributed by atoms with van der Waals surface area (Å²) in [7, 11) is 0. The van der Waals surface area contributed by atoms with E-state index in [0.29, 0.717) is 6.61 Å². The molecule has 5 heteroatoms. The normalized spacial score (nSPS) is 16.4. The van der Waals surface area contributed by atoms with Crippen LogP contribution in [0.5, 0.6) is 0 Å². The molecule has 0 spiro atoms. The fourth-order valence-electron chi connectivity index (χ4n) is 4.84. The summed E-state index contributed by atoms with van der Waals surface area (Å²) in [5.41, 5.74) is 6.71. The Morgan fingerprint density at radius 2 is 1.59 bits per heavy atom. The number of likely N-dealkylation sites (tertiary alicyclic amines) is 1. The number of carbonyl (C=O) groups excluding carboxylic acids is 1. The molecule has 3 aromatic rings. The largest absolute Gasteiger partial charge is 0.448 e. The average molecular weight is 429 g/mol. The first-order chi connectivity index (χ1) is 15.7. The molecule has 1 amide bonds. The predicted octanol–water partition coefficient (Wildman–Crippen LogP) is 5.00. The molecular formula is C27H28N2O3. The number of nitrogens with one attached hydrogen (secondary N) is 1. The fourth-order valence-corrected chi connectivity index (χ4v) is 4.84. The van der Waals surface area contributed by atoms with Crippen LogP contribution in [0, 0.1) is 0 Å². The van der Waals surface area contributed by atoms with Crippen molar-refractivity contribution in [2.75, 3.05) is 25.0 Å². The molecule has 1 fully saturated rings. The van der Waals surface area contributed by atoms with E-state index in [1.807, 2.05) is 42.5 Å². The van der Waals surface area contributed by atoms with E-state index in [1.165, 1.54) is 22.3 Å². The first-order valence-corrected chi connectivity index (χ1v) is 11.3. The SMILES string of the molecule is O=C(Nc1cccc(CN2CCC(O)CC2)c1)OCC1c2ccccc2-c2ccccc21. The summed E-state index contributed by atoms with van der Waals surface area (Å²) in [5.74, 6) is 0.0499. The third-order valence-electron chi connectivity index (χ3n) is 6.48. The Bertz CT molecular complexity index is 1060. The van der Waals surface area contributed by atoms with E-state index >= 15 is 0 Å². The second kappa shape index (κ2) is 9.15. The average Bonchev–Trinajstić information content (AvgIpc) is 3.13. The molecule has 0 bridgehead atoms. The maximum absolute atomic E-state index is 12.6. The van der Waals surface area contributed by atoms with E-state index in [9.17, 15) is 9.90 Å². The van der Waals surface area contributed by atoms with Gasteiger partial charge in [0.05, 0.1) is 6.10 Å². The number of ether oxygens (including phenoxy) is 1. The van der Waals surface area contributed by atoms with Crippen molar-refractivity contribution in [3.63, 3.8) is 0 Å². The number of piperidine rings is 1. The second-order valence-corrected chi connectivity index (χ2v) is 8.66. The smallest absolute Gasteiger partial charge is 0.411 e. The zero-order valence-electron chi connectivity index (χ0n) is 18.0. The molecule has 5 rings (SSSR count). The lowest BCUT2D eigenvalue weighted by molar-refractivity contribution is 0.0792. The zero-order valence-corrected chi connectivity index (χ0v) is 18.0. The first-order valence-electron chi connectivity index (χ1n) is 11.3. The summed E-state index contributed by atoms with van der Waals surface area (Å²) in [6.45, 7) is 2.90. The number of amides is 1. The molecule has 32 heavy (non-hydrogen) atoms. The molecule has 164 valence electrons. The molecule has 0 atom stereocenters. The molecule has 2 N–H and O–H groups in total. The number of carbonyl (C=O) groups is 1. The molecule has 1 aliphatic carbocycles. The second-order valence-electron chi connectivity index (χ2n) is 8.66. The molecule has 1 aliphatic heterocycles. The van der Waals surface area contributed by atoms with E-state index in [1.54, 1.807) is 0 Å². The van der Waals surface area contributed by atoms with Gasteiger partial charge in [-0.25, -0.2) is 4.79 Å². The van der Waals surface area contributed by atoms with Crippen molar-refractivity contribution in [3.05, 3.63) is 89.5 Å². The summed E-state index contributed by atoms with van der Waals surface area (Å²) in [6, 6.07) is 24.5. The molecule has 0 saturated carbocycles. The molecular weight excluding hydrogens is 400 g/mol. The van der Waals surface area contributed by atoms with Crippen LogP contribution in [0.1, 0.15) is 35.4 Å². The third kappa shape index (κ3) is 4.40. The van der Waals surface area contributed by atoms with Gasteiger partial charge in [0.25, 0.3) is 0 Å². The molecule has 2 aliphatic rings. The van der Waals surface area contributed by atoms with E-state index < -0.39 is 6.09 Å². The van der Waals surface area contributed by atoms with Gasteiger partial charge in [0.1, 0.15) is 6.61 Å². The van der Waals surface area contributed by atoms with Gasteiger partial charge in [0.15, 0.2) is 0 Å². The van der Waals surface area contributed by atoms with E-state index in [0.717, 1.165) is 43.7 Å². The monoisotopic (exact) mass is 428 g/mol. The third-order valence-corrected chi connectivity index (χ3v) is 6.48. The number of benzene rings is 3. The Morgan fingerprint density at radius 1 is 0.938 bits per heavy atom. The van der Waals surface area contributed by atoms with Crippen LogP contribution in [0.15, 0.2) is 72.8 Å². The summed E-state index contributed by atoms with van der Waals surface area (Å²) in [6.07, 6.45) is 1.02. The van der Waals surface area contributed by atoms with Crippen LogP contribution in [-0.2, 0) is 11.3 Å². The van der Waals surface area contributed by atoms with E-state index in [-0.39, 0.29) is 12.0 Å². The van der Waals surface area contributed by atoms with Gasteiger partial charge in [-0.15, -0.1) is 0 Å². The lowest BCUT2D eigenvalue weighted by Gasteiger charge is -2.29.